The fourth-order valence-corrected chi connectivity index (χ4v) is 7.33. The van der Waals surface area contributed by atoms with Crippen LogP contribution in [0.15, 0.2) is 0 Å². The van der Waals surface area contributed by atoms with Crippen molar-refractivity contribution in [1.82, 2.24) is 5.32 Å². The smallest absolute Gasteiger partial charge is 0.0126 e. The molecule has 21 heavy (non-hydrogen) atoms. The Hall–Kier alpha value is -0.0400. The number of nitrogens with one attached hydrogen (secondary N) is 1. The van der Waals surface area contributed by atoms with E-state index >= 15 is 0 Å². The molecule has 0 aromatic carbocycles. The first-order valence-corrected chi connectivity index (χ1v) is 9.95. The van der Waals surface area contributed by atoms with Gasteiger partial charge in [-0.3, -0.25) is 0 Å². The van der Waals surface area contributed by atoms with Crippen molar-refractivity contribution in [3.8, 4) is 0 Å². The van der Waals surface area contributed by atoms with Crippen LogP contribution in [0, 0.1) is 41.4 Å². The third-order valence-electron chi connectivity index (χ3n) is 7.96. The van der Waals surface area contributed by atoms with Crippen LogP contribution >= 0.6 is 0 Å². The molecular weight excluding hydrogens is 254 g/mol. The van der Waals surface area contributed by atoms with Crippen LogP contribution < -0.4 is 5.32 Å². The van der Waals surface area contributed by atoms with Crippen LogP contribution in [-0.2, 0) is 0 Å². The first-order valence-electron chi connectivity index (χ1n) is 9.95. The Morgan fingerprint density at radius 2 is 1.57 bits per heavy atom. The summed E-state index contributed by atoms with van der Waals surface area (Å²) in [6.45, 7) is 2.41. The SMILES string of the molecule is CCC1CCCC(C(NC)C2C3CC4CC(C3)CC2C4)C1. The van der Waals surface area contributed by atoms with Gasteiger partial charge in [0.25, 0.3) is 0 Å². The van der Waals surface area contributed by atoms with Gasteiger partial charge < -0.3 is 5.32 Å². The van der Waals surface area contributed by atoms with Crippen LogP contribution in [0.2, 0.25) is 0 Å². The predicted molar refractivity (Wildman–Crippen MR) is 89.1 cm³/mol. The first kappa shape index (κ1) is 14.5. The van der Waals surface area contributed by atoms with Gasteiger partial charge in [0.15, 0.2) is 0 Å². The molecule has 0 spiro atoms. The molecule has 5 rings (SSSR count). The van der Waals surface area contributed by atoms with E-state index in [-0.39, 0.29) is 0 Å². The molecule has 0 aromatic rings. The second-order valence-electron chi connectivity index (χ2n) is 9.02. The van der Waals surface area contributed by atoms with E-state index in [1.165, 1.54) is 32.1 Å². The quantitative estimate of drug-likeness (QED) is 0.779. The fraction of sp³-hybridized carbons (Fsp3) is 1.00. The van der Waals surface area contributed by atoms with Crippen molar-refractivity contribution in [3.05, 3.63) is 0 Å². The normalized spacial score (nSPS) is 50.3. The molecule has 1 nitrogen and oxygen atoms in total. The lowest BCUT2D eigenvalue weighted by Gasteiger charge is -2.57. The van der Waals surface area contributed by atoms with Crippen LogP contribution in [0.3, 0.4) is 0 Å². The van der Waals surface area contributed by atoms with Crippen molar-refractivity contribution >= 4 is 0 Å². The van der Waals surface area contributed by atoms with Gasteiger partial charge in [0.2, 0.25) is 0 Å². The number of rotatable bonds is 4. The molecular formula is C20H35N. The summed E-state index contributed by atoms with van der Waals surface area (Å²) >= 11 is 0. The molecule has 120 valence electrons. The largest absolute Gasteiger partial charge is 0.316 e. The molecule has 1 N–H and O–H groups in total. The second-order valence-corrected chi connectivity index (χ2v) is 9.02. The molecule has 0 heterocycles. The monoisotopic (exact) mass is 289 g/mol. The Morgan fingerprint density at radius 1 is 0.905 bits per heavy atom. The van der Waals surface area contributed by atoms with Gasteiger partial charge in [0.05, 0.1) is 0 Å². The van der Waals surface area contributed by atoms with Gasteiger partial charge in [0.1, 0.15) is 0 Å². The molecule has 0 aliphatic heterocycles. The maximum Gasteiger partial charge on any atom is 0.0126 e. The van der Waals surface area contributed by atoms with Crippen LogP contribution in [0.1, 0.15) is 71.1 Å². The van der Waals surface area contributed by atoms with Crippen LogP contribution in [-0.4, -0.2) is 13.1 Å². The minimum atomic E-state index is 0.842. The number of hydrogen-bond donors (Lipinski definition) is 1. The summed E-state index contributed by atoms with van der Waals surface area (Å²) in [6, 6.07) is 0.842. The van der Waals surface area contributed by atoms with E-state index in [2.05, 4.69) is 19.3 Å². The average molecular weight is 290 g/mol. The van der Waals surface area contributed by atoms with E-state index in [1.807, 2.05) is 0 Å². The fourth-order valence-electron chi connectivity index (χ4n) is 7.33. The van der Waals surface area contributed by atoms with E-state index in [0.717, 1.165) is 47.5 Å². The molecule has 0 saturated heterocycles. The van der Waals surface area contributed by atoms with E-state index in [0.29, 0.717) is 0 Å². The molecule has 0 amide bonds. The summed E-state index contributed by atoms with van der Waals surface area (Å²) in [5, 5.41) is 3.84. The Labute approximate surface area is 131 Å². The van der Waals surface area contributed by atoms with Crippen molar-refractivity contribution < 1.29 is 0 Å². The molecule has 5 saturated carbocycles. The van der Waals surface area contributed by atoms with Gasteiger partial charge in [-0.05, 0) is 93.4 Å². The zero-order valence-electron chi connectivity index (χ0n) is 14.2. The molecule has 5 aliphatic rings. The lowest BCUT2D eigenvalue weighted by atomic mass is 9.49. The summed E-state index contributed by atoms with van der Waals surface area (Å²) < 4.78 is 0. The third kappa shape index (κ3) is 2.58. The predicted octanol–water partition coefficient (Wildman–Crippen LogP) is 4.86. The van der Waals surface area contributed by atoms with E-state index in [4.69, 9.17) is 0 Å². The maximum atomic E-state index is 3.84. The van der Waals surface area contributed by atoms with Gasteiger partial charge in [-0.1, -0.05) is 26.2 Å². The molecule has 5 aliphatic carbocycles. The minimum absolute atomic E-state index is 0.842. The van der Waals surface area contributed by atoms with Crippen molar-refractivity contribution in [1.29, 1.82) is 0 Å². The summed E-state index contributed by atoms with van der Waals surface area (Å²) in [7, 11) is 2.27. The lowest BCUT2D eigenvalue weighted by molar-refractivity contribution is -0.0634. The summed E-state index contributed by atoms with van der Waals surface area (Å²) in [4.78, 5) is 0. The van der Waals surface area contributed by atoms with Crippen molar-refractivity contribution in [3.63, 3.8) is 0 Å². The van der Waals surface area contributed by atoms with Gasteiger partial charge in [-0.25, -0.2) is 0 Å². The molecule has 0 radical (unpaired) electrons. The topological polar surface area (TPSA) is 12.0 Å². The molecule has 4 bridgehead atoms. The molecule has 3 unspecified atom stereocenters. The Morgan fingerprint density at radius 3 is 2.14 bits per heavy atom. The highest BCUT2D eigenvalue weighted by atomic mass is 14.9. The van der Waals surface area contributed by atoms with Gasteiger partial charge in [0, 0.05) is 6.04 Å². The molecule has 3 atom stereocenters. The molecule has 1 heteroatoms. The third-order valence-corrected chi connectivity index (χ3v) is 7.96. The second kappa shape index (κ2) is 5.87. The van der Waals surface area contributed by atoms with E-state index in [9.17, 15) is 0 Å². The van der Waals surface area contributed by atoms with Crippen LogP contribution in [0.25, 0.3) is 0 Å². The summed E-state index contributed by atoms with van der Waals surface area (Å²) in [5.41, 5.74) is 0. The number of hydrogen-bond acceptors (Lipinski definition) is 1. The zero-order chi connectivity index (χ0) is 14.4. The highest BCUT2D eigenvalue weighted by Crippen LogP contribution is 2.58. The van der Waals surface area contributed by atoms with E-state index in [1.54, 1.807) is 32.1 Å². The highest BCUT2D eigenvalue weighted by Gasteiger charge is 2.51. The van der Waals surface area contributed by atoms with Crippen molar-refractivity contribution in [2.45, 2.75) is 77.2 Å². The summed E-state index contributed by atoms with van der Waals surface area (Å²) in [5.74, 6) is 7.45. The van der Waals surface area contributed by atoms with Crippen molar-refractivity contribution in [2.75, 3.05) is 7.05 Å². The van der Waals surface area contributed by atoms with Gasteiger partial charge >= 0.3 is 0 Å². The van der Waals surface area contributed by atoms with E-state index < -0.39 is 0 Å². The van der Waals surface area contributed by atoms with Gasteiger partial charge in [-0.15, -0.1) is 0 Å². The Kier molecular flexibility index (Phi) is 4.07. The Bertz CT molecular complexity index is 335. The average Bonchev–Trinajstić information content (AvgIpc) is 2.50. The first-order chi connectivity index (χ1) is 10.3. The lowest BCUT2D eigenvalue weighted by Crippen LogP contribution is -2.55. The molecule has 0 aromatic heterocycles. The minimum Gasteiger partial charge on any atom is -0.316 e. The van der Waals surface area contributed by atoms with Gasteiger partial charge in [-0.2, -0.15) is 0 Å². The zero-order valence-corrected chi connectivity index (χ0v) is 14.2. The standard InChI is InChI=1S/C20H35N/c1-3-13-5-4-6-16(8-13)20(21-2)19-17-9-14-7-15(11-17)12-18(19)10-14/h13-21H,3-12H2,1-2H3. The van der Waals surface area contributed by atoms with Crippen molar-refractivity contribution in [2.24, 2.45) is 41.4 Å². The summed E-state index contributed by atoms with van der Waals surface area (Å²) in [6.07, 6.45) is 15.4. The van der Waals surface area contributed by atoms with Crippen LogP contribution in [0.5, 0.6) is 0 Å². The maximum absolute atomic E-state index is 3.84. The molecule has 5 fully saturated rings. The van der Waals surface area contributed by atoms with Crippen LogP contribution in [0.4, 0.5) is 0 Å². The Balaban J connectivity index is 1.50. The highest BCUT2D eigenvalue weighted by molar-refractivity contribution is 5.03.